The summed E-state index contributed by atoms with van der Waals surface area (Å²) in [5.41, 5.74) is -2.97. The molecule has 72 heavy (non-hydrogen) atoms. The third-order valence-corrected chi connectivity index (χ3v) is 13.4. The first kappa shape index (κ1) is 46.5. The summed E-state index contributed by atoms with van der Waals surface area (Å²) in [6.07, 6.45) is -11.1. The SMILES string of the molecule is Oc1cc(O)c([C@H]2c3c(O)cc(O)c([C@H]4c5c(O)cc(O)c([C@H]6c7c(O)cc(O)cc7O[C@H](c7ccc(O)c(O)c7)[C@@H]6O)c5O[C@H](c5ccc(O)c(O)c5)[C@@H]4O)c3O[C@H](c3ccc(O)c(O)c3)[C@@H]2O)c(O)c1. The molecule has 0 fully saturated rings. The van der Waals surface area contributed by atoms with Crippen LogP contribution < -0.4 is 14.2 Å². The lowest BCUT2D eigenvalue weighted by molar-refractivity contribution is -0.00762. The molecule has 7 aromatic rings. The van der Waals surface area contributed by atoms with Gasteiger partial charge in [0, 0.05) is 69.8 Å². The number of hydrogen-bond acceptors (Lipinski definition) is 21. The minimum Gasteiger partial charge on any atom is -0.508 e. The second-order valence-corrected chi connectivity index (χ2v) is 17.7. The molecule has 372 valence electrons. The zero-order chi connectivity index (χ0) is 51.5. The van der Waals surface area contributed by atoms with Crippen LogP contribution in [0.25, 0.3) is 0 Å². The van der Waals surface area contributed by atoms with Gasteiger partial charge in [-0.15, -0.1) is 0 Å². The third kappa shape index (κ3) is 7.20. The minimum atomic E-state index is -2.09. The lowest BCUT2D eigenvalue weighted by Gasteiger charge is -2.44. The maximum atomic E-state index is 12.8. The van der Waals surface area contributed by atoms with Crippen LogP contribution in [0.4, 0.5) is 0 Å². The first-order chi connectivity index (χ1) is 34.1. The van der Waals surface area contributed by atoms with E-state index in [1.54, 1.807) is 0 Å². The van der Waals surface area contributed by atoms with Crippen molar-refractivity contribution in [1.82, 2.24) is 0 Å². The Labute approximate surface area is 404 Å². The zero-order valence-electron chi connectivity index (χ0n) is 36.6. The molecule has 0 saturated carbocycles. The number of fused-ring (bicyclic) bond motifs is 3. The van der Waals surface area contributed by atoms with Crippen LogP contribution in [-0.2, 0) is 0 Å². The number of aromatic hydroxyl groups is 15. The van der Waals surface area contributed by atoms with Crippen LogP contribution in [-0.4, -0.2) is 110 Å². The fourth-order valence-electron chi connectivity index (χ4n) is 10.2. The molecule has 18 N–H and O–H groups in total. The molecule has 21 heteroatoms. The Morgan fingerprint density at radius 1 is 0.264 bits per heavy atom. The van der Waals surface area contributed by atoms with Gasteiger partial charge in [-0.2, -0.15) is 0 Å². The van der Waals surface area contributed by atoms with Gasteiger partial charge in [0.1, 0.15) is 87.3 Å². The molecule has 7 aromatic carbocycles. The van der Waals surface area contributed by atoms with Gasteiger partial charge in [0.15, 0.2) is 52.8 Å². The lowest BCUT2D eigenvalue weighted by atomic mass is 9.72. The smallest absolute Gasteiger partial charge is 0.157 e. The third-order valence-electron chi connectivity index (χ3n) is 13.4. The van der Waals surface area contributed by atoms with Gasteiger partial charge in [-0.1, -0.05) is 18.2 Å². The van der Waals surface area contributed by atoms with E-state index in [1.807, 2.05) is 0 Å². The van der Waals surface area contributed by atoms with Crippen molar-refractivity contribution in [2.24, 2.45) is 0 Å². The monoisotopic (exact) mass is 990 g/mol. The molecule has 0 aliphatic carbocycles. The standard InChI is InChI=1S/C51H42O21/c52-19-10-27(60)35(28(61)11-19)41-37-30(63)14-32(65)39(50(37)71-48(44(41)67)17-2-5-22(55)25(58)8-17)43-40-33(66)15-31(64)38(51(40)72-49(46(43)69)18-3-6-23(56)26(59)9-18)42-36-29(62)12-20(53)13-34(36)70-47(45(42)68)16-1-4-21(54)24(57)7-16/h1-15,41-49,52-69H/t41-,42+,43-,44+,45+,46+,47+,48+,49+/m0/s1. The van der Waals surface area contributed by atoms with Gasteiger partial charge in [0.2, 0.25) is 0 Å². The van der Waals surface area contributed by atoms with Crippen LogP contribution in [0.3, 0.4) is 0 Å². The molecular weight excluding hydrogens is 949 g/mol. The minimum absolute atomic E-state index is 0.0202. The van der Waals surface area contributed by atoms with Crippen molar-refractivity contribution >= 4 is 0 Å². The van der Waals surface area contributed by atoms with Gasteiger partial charge in [0.05, 0.1) is 17.8 Å². The van der Waals surface area contributed by atoms with Gasteiger partial charge in [-0.25, -0.2) is 0 Å². The topological polar surface area (TPSA) is 392 Å². The molecule has 9 atom stereocenters. The number of phenolic OH excluding ortho intramolecular Hbond substituents is 15. The normalized spacial score (nSPS) is 23.1. The van der Waals surface area contributed by atoms with Crippen LogP contribution in [0.5, 0.6) is 103 Å². The summed E-state index contributed by atoms with van der Waals surface area (Å²) in [6, 6.07) is 15.0. The number of aliphatic hydroxyl groups is 3. The molecule has 0 saturated heterocycles. The van der Waals surface area contributed by atoms with Crippen LogP contribution in [0.1, 0.15) is 86.1 Å². The van der Waals surface area contributed by atoms with E-state index in [2.05, 4.69) is 0 Å². The highest BCUT2D eigenvalue weighted by molar-refractivity contribution is 5.72. The molecule has 0 spiro atoms. The van der Waals surface area contributed by atoms with E-state index < -0.39 is 180 Å². The van der Waals surface area contributed by atoms with Crippen LogP contribution in [0.2, 0.25) is 0 Å². The van der Waals surface area contributed by atoms with Crippen molar-refractivity contribution in [2.75, 3.05) is 0 Å². The molecular formula is C51H42O21. The fraction of sp³-hybridized carbons (Fsp3) is 0.176. The number of hydrogen-bond donors (Lipinski definition) is 18. The van der Waals surface area contributed by atoms with Crippen LogP contribution in [0.15, 0.2) is 91.0 Å². The second-order valence-electron chi connectivity index (χ2n) is 17.7. The van der Waals surface area contributed by atoms with E-state index in [1.165, 1.54) is 18.2 Å². The number of benzene rings is 7. The van der Waals surface area contributed by atoms with E-state index >= 15 is 0 Å². The summed E-state index contributed by atoms with van der Waals surface area (Å²) in [5.74, 6) is -17.7. The Morgan fingerprint density at radius 3 is 0.917 bits per heavy atom. The molecule has 21 nitrogen and oxygen atoms in total. The largest absolute Gasteiger partial charge is 0.508 e. The van der Waals surface area contributed by atoms with Gasteiger partial charge in [0.25, 0.3) is 0 Å². The quantitative estimate of drug-likeness (QED) is 0.0958. The van der Waals surface area contributed by atoms with Crippen molar-refractivity contribution < 1.29 is 106 Å². The number of rotatable bonds is 6. The Morgan fingerprint density at radius 2 is 0.556 bits per heavy atom. The van der Waals surface area contributed by atoms with Gasteiger partial charge in [-0.3, -0.25) is 0 Å². The van der Waals surface area contributed by atoms with E-state index in [9.17, 15) is 91.9 Å². The first-order valence-corrected chi connectivity index (χ1v) is 21.7. The maximum absolute atomic E-state index is 12.8. The summed E-state index contributed by atoms with van der Waals surface area (Å²) in [6.45, 7) is 0. The Bertz CT molecular complexity index is 3350. The predicted octanol–water partition coefficient (Wildman–Crippen LogP) is 5.15. The highest BCUT2D eigenvalue weighted by Gasteiger charge is 2.52. The number of ether oxygens (including phenoxy) is 3. The Balaban J connectivity index is 1.28. The number of aliphatic hydroxyl groups excluding tert-OH is 3. The highest BCUT2D eigenvalue weighted by Crippen LogP contribution is 2.64. The summed E-state index contributed by atoms with van der Waals surface area (Å²) in [4.78, 5) is 0. The van der Waals surface area contributed by atoms with Crippen molar-refractivity contribution in [3.8, 4) is 103 Å². The average Bonchev–Trinajstić information content (AvgIpc) is 3.30. The molecule has 0 aromatic heterocycles. The maximum Gasteiger partial charge on any atom is 0.157 e. The average molecular weight is 991 g/mol. The molecule has 10 rings (SSSR count). The Hall–Kier alpha value is -9.18. The second kappa shape index (κ2) is 16.8. The first-order valence-electron chi connectivity index (χ1n) is 21.7. The summed E-state index contributed by atoms with van der Waals surface area (Å²) < 4.78 is 19.1. The van der Waals surface area contributed by atoms with Crippen molar-refractivity contribution in [1.29, 1.82) is 0 Å². The van der Waals surface area contributed by atoms with Crippen molar-refractivity contribution in [3.63, 3.8) is 0 Å². The van der Waals surface area contributed by atoms with Gasteiger partial charge >= 0.3 is 0 Å². The van der Waals surface area contributed by atoms with Crippen LogP contribution >= 0.6 is 0 Å². The molecule has 0 radical (unpaired) electrons. The Kier molecular flexibility index (Phi) is 10.8. The predicted molar refractivity (Wildman–Crippen MR) is 244 cm³/mol. The molecule has 3 heterocycles. The van der Waals surface area contributed by atoms with E-state index in [4.69, 9.17) is 14.2 Å². The lowest BCUT2D eigenvalue weighted by Crippen LogP contribution is -2.39. The molecule has 0 amide bonds. The van der Waals surface area contributed by atoms with Crippen molar-refractivity contribution in [2.45, 2.75) is 54.4 Å². The summed E-state index contributed by atoms with van der Waals surface area (Å²) in [5, 5.41) is 203. The van der Waals surface area contributed by atoms with Gasteiger partial charge < -0.3 is 106 Å². The molecule has 3 aliphatic rings. The molecule has 3 aliphatic heterocycles. The summed E-state index contributed by atoms with van der Waals surface area (Å²) in [7, 11) is 0. The van der Waals surface area contributed by atoms with E-state index in [0.29, 0.717) is 0 Å². The van der Waals surface area contributed by atoms with E-state index in [0.717, 1.165) is 72.8 Å². The number of phenols is 15. The van der Waals surface area contributed by atoms with Crippen molar-refractivity contribution in [3.05, 3.63) is 141 Å². The van der Waals surface area contributed by atoms with E-state index in [-0.39, 0.29) is 28.0 Å². The highest BCUT2D eigenvalue weighted by atomic mass is 16.5. The molecule has 0 bridgehead atoms. The van der Waals surface area contributed by atoms with Crippen LogP contribution in [0, 0.1) is 0 Å². The summed E-state index contributed by atoms with van der Waals surface area (Å²) >= 11 is 0. The molecule has 0 unspecified atom stereocenters. The fourth-order valence-corrected chi connectivity index (χ4v) is 10.2. The zero-order valence-corrected chi connectivity index (χ0v) is 36.6. The van der Waals surface area contributed by atoms with Gasteiger partial charge in [-0.05, 0) is 53.1 Å².